The summed E-state index contributed by atoms with van der Waals surface area (Å²) in [5, 5.41) is 3.66. The van der Waals surface area contributed by atoms with Gasteiger partial charge in [-0.05, 0) is 51.9 Å². The van der Waals surface area contributed by atoms with E-state index in [-0.39, 0.29) is 5.60 Å². The van der Waals surface area contributed by atoms with E-state index in [1.807, 2.05) is 0 Å². The maximum atomic E-state index is 5.71. The summed E-state index contributed by atoms with van der Waals surface area (Å²) < 4.78 is 5.71. The van der Waals surface area contributed by atoms with Gasteiger partial charge in [-0.3, -0.25) is 0 Å². The lowest BCUT2D eigenvalue weighted by Crippen LogP contribution is -2.37. The van der Waals surface area contributed by atoms with Crippen LogP contribution in [0.15, 0.2) is 0 Å². The van der Waals surface area contributed by atoms with E-state index in [1.165, 1.54) is 25.7 Å². The molecule has 3 atom stereocenters. The van der Waals surface area contributed by atoms with Gasteiger partial charge in [0.2, 0.25) is 0 Å². The van der Waals surface area contributed by atoms with Crippen molar-refractivity contribution in [2.45, 2.75) is 58.1 Å². The maximum Gasteiger partial charge on any atom is 0.0599 e. The smallest absolute Gasteiger partial charge is 0.0599 e. The summed E-state index contributed by atoms with van der Waals surface area (Å²) in [5.41, 5.74) is 0.0103. The lowest BCUT2D eigenvalue weighted by Gasteiger charge is -2.24. The Kier molecular flexibility index (Phi) is 3.36. The van der Waals surface area contributed by atoms with Crippen LogP contribution in [0.3, 0.4) is 0 Å². The Morgan fingerprint density at radius 2 is 2.00 bits per heavy atom. The van der Waals surface area contributed by atoms with E-state index in [0.29, 0.717) is 0 Å². The second-order valence-electron chi connectivity index (χ2n) is 6.20. The van der Waals surface area contributed by atoms with Crippen LogP contribution in [0.25, 0.3) is 0 Å². The minimum absolute atomic E-state index is 0.0103. The van der Waals surface area contributed by atoms with Crippen molar-refractivity contribution < 1.29 is 4.74 Å². The molecule has 2 aliphatic rings. The van der Waals surface area contributed by atoms with Gasteiger partial charge < -0.3 is 10.1 Å². The molecule has 2 fully saturated rings. The van der Waals surface area contributed by atoms with Gasteiger partial charge in [-0.2, -0.15) is 0 Å². The molecule has 2 nitrogen and oxygen atoms in total. The van der Waals surface area contributed by atoms with E-state index in [4.69, 9.17) is 4.74 Å². The molecule has 0 heterocycles. The quantitative estimate of drug-likeness (QED) is 0.722. The largest absolute Gasteiger partial charge is 0.375 e. The Morgan fingerprint density at radius 1 is 1.20 bits per heavy atom. The molecule has 2 saturated carbocycles. The molecule has 88 valence electrons. The van der Waals surface area contributed by atoms with Crippen molar-refractivity contribution in [3.8, 4) is 0 Å². The third-order valence-electron chi connectivity index (χ3n) is 3.78. The van der Waals surface area contributed by atoms with E-state index in [2.05, 4.69) is 26.1 Å². The van der Waals surface area contributed by atoms with Crippen molar-refractivity contribution in [3.05, 3.63) is 0 Å². The van der Waals surface area contributed by atoms with Crippen LogP contribution in [0, 0.1) is 11.8 Å². The summed E-state index contributed by atoms with van der Waals surface area (Å²) in [6.45, 7) is 8.21. The Morgan fingerprint density at radius 3 is 2.53 bits per heavy atom. The molecule has 2 aliphatic carbocycles. The minimum atomic E-state index is 0.0103. The topological polar surface area (TPSA) is 21.3 Å². The molecule has 0 amide bonds. The monoisotopic (exact) mass is 211 g/mol. The molecule has 2 heteroatoms. The lowest BCUT2D eigenvalue weighted by atomic mass is 9.95. The fourth-order valence-electron chi connectivity index (χ4n) is 3.10. The highest BCUT2D eigenvalue weighted by Gasteiger charge is 2.38. The average Bonchev–Trinajstić information content (AvgIpc) is 2.71. The highest BCUT2D eigenvalue weighted by atomic mass is 16.5. The first kappa shape index (κ1) is 11.4. The second-order valence-corrected chi connectivity index (χ2v) is 6.20. The molecule has 0 aromatic heterocycles. The van der Waals surface area contributed by atoms with E-state index in [0.717, 1.165) is 31.0 Å². The van der Waals surface area contributed by atoms with Gasteiger partial charge in [-0.25, -0.2) is 0 Å². The second kappa shape index (κ2) is 4.42. The lowest BCUT2D eigenvalue weighted by molar-refractivity contribution is -0.00214. The van der Waals surface area contributed by atoms with Crippen molar-refractivity contribution in [1.82, 2.24) is 5.32 Å². The van der Waals surface area contributed by atoms with Crippen molar-refractivity contribution in [1.29, 1.82) is 0 Å². The molecule has 2 rings (SSSR count). The van der Waals surface area contributed by atoms with E-state index in [9.17, 15) is 0 Å². The first-order chi connectivity index (χ1) is 7.04. The van der Waals surface area contributed by atoms with Crippen LogP contribution in [0.2, 0.25) is 0 Å². The molecule has 1 N–H and O–H groups in total. The average molecular weight is 211 g/mol. The number of fused-ring (bicyclic) bond motifs is 2. The minimum Gasteiger partial charge on any atom is -0.375 e. The van der Waals surface area contributed by atoms with Crippen LogP contribution in [-0.2, 0) is 4.74 Å². The zero-order chi connectivity index (χ0) is 10.9. The van der Waals surface area contributed by atoms with Gasteiger partial charge in [0.05, 0.1) is 12.2 Å². The maximum absolute atomic E-state index is 5.71. The normalized spacial score (nSPS) is 35.0. The highest BCUT2D eigenvalue weighted by Crippen LogP contribution is 2.44. The van der Waals surface area contributed by atoms with Gasteiger partial charge >= 0.3 is 0 Å². The zero-order valence-corrected chi connectivity index (χ0v) is 10.4. The Hall–Kier alpha value is -0.0800. The summed E-state index contributed by atoms with van der Waals surface area (Å²) >= 11 is 0. The third-order valence-corrected chi connectivity index (χ3v) is 3.78. The number of hydrogen-bond acceptors (Lipinski definition) is 2. The van der Waals surface area contributed by atoms with Crippen molar-refractivity contribution in [2.75, 3.05) is 13.2 Å². The van der Waals surface area contributed by atoms with Gasteiger partial charge in [0.15, 0.2) is 0 Å². The van der Waals surface area contributed by atoms with Crippen molar-refractivity contribution in [2.24, 2.45) is 11.8 Å². The van der Waals surface area contributed by atoms with Gasteiger partial charge in [0.1, 0.15) is 0 Å². The molecular formula is C13H25NO. The van der Waals surface area contributed by atoms with Crippen LogP contribution in [0.5, 0.6) is 0 Å². The number of nitrogens with one attached hydrogen (secondary N) is 1. The molecule has 0 aromatic rings. The molecule has 0 aliphatic heterocycles. The summed E-state index contributed by atoms with van der Waals surface area (Å²) in [5.74, 6) is 2.01. The predicted molar refractivity (Wildman–Crippen MR) is 62.9 cm³/mol. The summed E-state index contributed by atoms with van der Waals surface area (Å²) in [6.07, 6.45) is 5.85. The molecule has 0 saturated heterocycles. The summed E-state index contributed by atoms with van der Waals surface area (Å²) in [6, 6.07) is 0.798. The van der Waals surface area contributed by atoms with E-state index >= 15 is 0 Å². The molecule has 0 spiro atoms. The number of hydrogen-bond donors (Lipinski definition) is 1. The first-order valence-electron chi connectivity index (χ1n) is 6.42. The van der Waals surface area contributed by atoms with E-state index in [1.54, 1.807) is 0 Å². The summed E-state index contributed by atoms with van der Waals surface area (Å²) in [4.78, 5) is 0. The summed E-state index contributed by atoms with van der Waals surface area (Å²) in [7, 11) is 0. The van der Waals surface area contributed by atoms with Crippen molar-refractivity contribution >= 4 is 0 Å². The third kappa shape index (κ3) is 3.18. The first-order valence-corrected chi connectivity index (χ1v) is 6.42. The number of rotatable bonds is 4. The molecule has 3 unspecified atom stereocenters. The predicted octanol–water partition coefficient (Wildman–Crippen LogP) is 2.58. The zero-order valence-electron chi connectivity index (χ0n) is 10.4. The van der Waals surface area contributed by atoms with Gasteiger partial charge in [0.25, 0.3) is 0 Å². The Labute approximate surface area is 93.8 Å². The Bertz CT molecular complexity index is 209. The molecular weight excluding hydrogens is 186 g/mol. The van der Waals surface area contributed by atoms with Crippen molar-refractivity contribution in [3.63, 3.8) is 0 Å². The van der Waals surface area contributed by atoms with E-state index < -0.39 is 0 Å². The Balaban J connectivity index is 1.59. The van der Waals surface area contributed by atoms with Gasteiger partial charge in [0, 0.05) is 12.6 Å². The van der Waals surface area contributed by atoms with Gasteiger partial charge in [-0.1, -0.05) is 6.42 Å². The van der Waals surface area contributed by atoms with Crippen LogP contribution in [0.4, 0.5) is 0 Å². The van der Waals surface area contributed by atoms with Crippen LogP contribution < -0.4 is 5.32 Å². The molecule has 2 bridgehead atoms. The SMILES string of the molecule is CC(C)(C)OCCNC1CC2CCC1C2. The number of ether oxygens (including phenoxy) is 1. The van der Waals surface area contributed by atoms with Crippen LogP contribution in [-0.4, -0.2) is 24.8 Å². The molecule has 0 aromatic carbocycles. The molecule has 15 heavy (non-hydrogen) atoms. The molecule has 0 radical (unpaired) electrons. The standard InChI is InChI=1S/C13H25NO/c1-13(2,3)15-7-6-14-12-9-10-4-5-11(12)8-10/h10-12,14H,4-9H2,1-3H3. The fraction of sp³-hybridized carbons (Fsp3) is 1.00. The fourth-order valence-corrected chi connectivity index (χ4v) is 3.10. The highest BCUT2D eigenvalue weighted by molar-refractivity contribution is 4.93. The van der Waals surface area contributed by atoms with Crippen LogP contribution >= 0.6 is 0 Å². The van der Waals surface area contributed by atoms with Gasteiger partial charge in [-0.15, -0.1) is 0 Å². The van der Waals surface area contributed by atoms with Crippen LogP contribution in [0.1, 0.15) is 46.5 Å².